The molecule has 0 aliphatic rings. The van der Waals surface area contributed by atoms with E-state index in [-0.39, 0.29) is 17.7 Å². The molecule has 1 rings (SSSR count). The van der Waals surface area contributed by atoms with Crippen molar-refractivity contribution >= 4 is 21.8 Å². The first kappa shape index (κ1) is 15.0. The normalized spacial score (nSPS) is 13.0. The largest absolute Gasteiger partial charge is 0.494 e. The van der Waals surface area contributed by atoms with E-state index in [0.717, 1.165) is 0 Å². The molecule has 0 saturated heterocycles. The third-order valence-electron chi connectivity index (χ3n) is 2.56. The number of carbonyl (C=O) groups excluding carboxylic acids is 1. The average molecular weight is 318 g/mol. The molecule has 1 atom stereocenters. The highest BCUT2D eigenvalue weighted by Gasteiger charge is 2.25. The Hall–Kier alpha value is -1.10. The number of hydrogen-bond acceptors (Lipinski definition) is 2. The van der Waals surface area contributed by atoms with E-state index >= 15 is 0 Å². The van der Waals surface area contributed by atoms with Crippen LogP contribution < -0.4 is 10.1 Å². The van der Waals surface area contributed by atoms with E-state index < -0.39 is 10.1 Å². The Bertz CT molecular complexity index is 443. The van der Waals surface area contributed by atoms with Gasteiger partial charge in [-0.2, -0.15) is 0 Å². The van der Waals surface area contributed by atoms with Crippen molar-refractivity contribution in [3.05, 3.63) is 29.6 Å². The number of ether oxygens (including phenoxy) is 1. The molecule has 1 aromatic carbocycles. The molecule has 0 heterocycles. The first-order valence-electron chi connectivity index (χ1n) is 5.59. The Morgan fingerprint density at radius 2 is 2.11 bits per heavy atom. The van der Waals surface area contributed by atoms with Crippen LogP contribution in [0.2, 0.25) is 0 Å². The van der Waals surface area contributed by atoms with Crippen LogP contribution in [0.15, 0.2) is 18.2 Å². The first-order valence-corrected chi connectivity index (χ1v) is 6.38. The van der Waals surface area contributed by atoms with Gasteiger partial charge in [0.2, 0.25) is 5.91 Å². The van der Waals surface area contributed by atoms with Gasteiger partial charge in [-0.1, -0.05) is 22.0 Å². The lowest BCUT2D eigenvalue weighted by Crippen LogP contribution is -2.38. The molecule has 3 nitrogen and oxygen atoms in total. The van der Waals surface area contributed by atoms with Crippen LogP contribution in [-0.4, -0.2) is 17.3 Å². The summed E-state index contributed by atoms with van der Waals surface area (Å²) in [4.78, 5) is 11.8. The van der Waals surface area contributed by atoms with Gasteiger partial charge < -0.3 is 10.1 Å². The molecule has 0 radical (unpaired) electrons. The molecule has 0 fully saturated rings. The van der Waals surface area contributed by atoms with Crippen LogP contribution in [0.4, 0.5) is 4.39 Å². The number of rotatable bonds is 4. The van der Waals surface area contributed by atoms with E-state index in [2.05, 4.69) is 21.2 Å². The molecule has 1 amide bonds. The van der Waals surface area contributed by atoms with Gasteiger partial charge in [-0.15, -0.1) is 0 Å². The predicted molar refractivity (Wildman–Crippen MR) is 72.5 cm³/mol. The van der Waals surface area contributed by atoms with E-state index in [1.165, 1.54) is 13.2 Å². The van der Waals surface area contributed by atoms with Crippen molar-refractivity contribution in [1.82, 2.24) is 5.32 Å². The molecule has 1 unspecified atom stereocenters. The zero-order valence-electron chi connectivity index (χ0n) is 10.9. The number of amides is 1. The topological polar surface area (TPSA) is 38.3 Å². The smallest absolute Gasteiger partial charge is 0.236 e. The lowest BCUT2D eigenvalue weighted by atomic mass is 10.1. The number of halogens is 2. The number of carbonyl (C=O) groups is 1. The molecule has 0 spiro atoms. The summed E-state index contributed by atoms with van der Waals surface area (Å²) in [5.74, 6) is -0.390. The summed E-state index contributed by atoms with van der Waals surface area (Å²) in [5, 5.41) is 2.81. The van der Waals surface area contributed by atoms with E-state index in [9.17, 15) is 9.18 Å². The van der Waals surface area contributed by atoms with Gasteiger partial charge in [0.25, 0.3) is 0 Å². The number of benzene rings is 1. The van der Waals surface area contributed by atoms with Crippen LogP contribution in [-0.2, 0) is 4.79 Å². The van der Waals surface area contributed by atoms with Crippen LogP contribution in [0, 0.1) is 5.82 Å². The Morgan fingerprint density at radius 3 is 2.56 bits per heavy atom. The Kier molecular flexibility index (Phi) is 4.73. The van der Waals surface area contributed by atoms with E-state index in [0.29, 0.717) is 5.56 Å². The summed E-state index contributed by atoms with van der Waals surface area (Å²) in [6, 6.07) is 4.38. The van der Waals surface area contributed by atoms with Crippen molar-refractivity contribution in [2.75, 3.05) is 7.11 Å². The van der Waals surface area contributed by atoms with Gasteiger partial charge in [0.05, 0.1) is 17.5 Å². The maximum Gasteiger partial charge on any atom is 0.236 e. The fraction of sp³-hybridized carbons (Fsp3) is 0.462. The summed E-state index contributed by atoms with van der Waals surface area (Å²) in [6.07, 6.45) is 0. The third kappa shape index (κ3) is 3.70. The minimum absolute atomic E-state index is 0.147. The number of hydrogen-bond donors (Lipinski definition) is 1. The zero-order chi connectivity index (χ0) is 13.9. The molecule has 5 heteroatoms. The predicted octanol–water partition coefficient (Wildman–Crippen LogP) is 3.19. The standard InChI is InChI=1S/C13H17BrFNO2/c1-8(16-12(17)13(2,3)14)9-5-6-11(18-4)10(15)7-9/h5-8H,1-4H3,(H,16,17). The monoisotopic (exact) mass is 317 g/mol. The second-order valence-corrected chi connectivity index (χ2v) is 6.54. The lowest BCUT2D eigenvalue weighted by molar-refractivity contribution is -0.123. The zero-order valence-corrected chi connectivity index (χ0v) is 12.5. The molecule has 18 heavy (non-hydrogen) atoms. The van der Waals surface area contributed by atoms with Gasteiger partial charge in [0, 0.05) is 0 Å². The van der Waals surface area contributed by atoms with Crippen LogP contribution in [0.1, 0.15) is 32.4 Å². The molecular formula is C13H17BrFNO2. The summed E-state index contributed by atoms with van der Waals surface area (Å²) in [6.45, 7) is 5.31. The molecule has 0 saturated carbocycles. The van der Waals surface area contributed by atoms with Gasteiger partial charge in [0.15, 0.2) is 11.6 Å². The molecule has 0 aliphatic carbocycles. The summed E-state index contributed by atoms with van der Waals surface area (Å²) in [5.41, 5.74) is 0.693. The minimum Gasteiger partial charge on any atom is -0.494 e. The summed E-state index contributed by atoms with van der Waals surface area (Å²) in [7, 11) is 1.41. The first-order chi connectivity index (χ1) is 8.25. The fourth-order valence-corrected chi connectivity index (χ4v) is 1.52. The molecule has 0 aromatic heterocycles. The molecule has 1 aromatic rings. The van der Waals surface area contributed by atoms with Crippen molar-refractivity contribution < 1.29 is 13.9 Å². The van der Waals surface area contributed by atoms with Crippen LogP contribution in [0.25, 0.3) is 0 Å². The molecular weight excluding hydrogens is 301 g/mol. The van der Waals surface area contributed by atoms with Gasteiger partial charge in [-0.25, -0.2) is 4.39 Å². The van der Waals surface area contributed by atoms with Gasteiger partial charge in [-0.05, 0) is 38.5 Å². The van der Waals surface area contributed by atoms with Crippen molar-refractivity contribution in [3.8, 4) is 5.75 Å². The molecule has 100 valence electrons. The van der Waals surface area contributed by atoms with E-state index in [4.69, 9.17) is 4.74 Å². The SMILES string of the molecule is COc1ccc(C(C)NC(=O)C(C)(C)Br)cc1F. The Morgan fingerprint density at radius 1 is 1.50 bits per heavy atom. The number of methoxy groups -OCH3 is 1. The third-order valence-corrected chi connectivity index (χ3v) is 2.92. The van der Waals surface area contributed by atoms with Crippen LogP contribution in [0.5, 0.6) is 5.75 Å². The van der Waals surface area contributed by atoms with Crippen molar-refractivity contribution in [2.24, 2.45) is 0 Å². The van der Waals surface area contributed by atoms with Crippen molar-refractivity contribution in [2.45, 2.75) is 31.1 Å². The highest BCUT2D eigenvalue weighted by atomic mass is 79.9. The summed E-state index contributed by atoms with van der Waals surface area (Å²) < 4.78 is 17.7. The van der Waals surface area contributed by atoms with Gasteiger partial charge in [-0.3, -0.25) is 4.79 Å². The molecule has 0 aliphatic heterocycles. The highest BCUT2D eigenvalue weighted by molar-refractivity contribution is 9.10. The maximum absolute atomic E-state index is 13.5. The minimum atomic E-state index is -0.647. The van der Waals surface area contributed by atoms with Crippen LogP contribution >= 0.6 is 15.9 Å². The highest BCUT2D eigenvalue weighted by Crippen LogP contribution is 2.23. The average Bonchev–Trinajstić information content (AvgIpc) is 2.27. The van der Waals surface area contributed by atoms with E-state index in [1.54, 1.807) is 32.9 Å². The maximum atomic E-state index is 13.5. The quantitative estimate of drug-likeness (QED) is 0.866. The second-order valence-electron chi connectivity index (χ2n) is 4.56. The Balaban J connectivity index is 2.82. The van der Waals surface area contributed by atoms with Gasteiger partial charge in [0.1, 0.15) is 0 Å². The molecule has 1 N–H and O–H groups in total. The number of nitrogens with one attached hydrogen (secondary N) is 1. The van der Waals surface area contributed by atoms with Crippen molar-refractivity contribution in [1.29, 1.82) is 0 Å². The fourth-order valence-electron chi connectivity index (χ4n) is 1.40. The van der Waals surface area contributed by atoms with E-state index in [1.807, 2.05) is 0 Å². The lowest BCUT2D eigenvalue weighted by Gasteiger charge is -2.21. The summed E-state index contributed by atoms with van der Waals surface area (Å²) >= 11 is 3.28. The molecule has 0 bridgehead atoms. The number of alkyl halides is 1. The second kappa shape index (κ2) is 5.69. The van der Waals surface area contributed by atoms with Gasteiger partial charge >= 0.3 is 0 Å². The van der Waals surface area contributed by atoms with Crippen LogP contribution in [0.3, 0.4) is 0 Å². The van der Waals surface area contributed by atoms with Crippen molar-refractivity contribution in [3.63, 3.8) is 0 Å². The Labute approximate surface area is 115 Å².